The molecule has 3 aliphatic rings. The van der Waals surface area contributed by atoms with E-state index < -0.39 is 0 Å². The summed E-state index contributed by atoms with van der Waals surface area (Å²) in [7, 11) is 0. The molecular weight excluding hydrogens is 288 g/mol. The second-order valence-corrected chi connectivity index (χ2v) is 9.27. The average Bonchev–Trinajstić information content (AvgIpc) is 2.75. The first-order valence-electron chi connectivity index (χ1n) is 8.15. The molecule has 0 unspecified atom stereocenters. The van der Waals surface area contributed by atoms with Gasteiger partial charge in [0, 0.05) is 0 Å². The van der Waals surface area contributed by atoms with E-state index in [-0.39, 0.29) is 15.0 Å². The third-order valence-electron chi connectivity index (χ3n) is 4.85. The molecule has 114 valence electrons. The zero-order valence-electron chi connectivity index (χ0n) is 12.5. The van der Waals surface area contributed by atoms with Crippen molar-refractivity contribution in [1.82, 2.24) is 10.4 Å². The molecule has 3 fully saturated rings. The zero-order valence-corrected chi connectivity index (χ0v) is 14.1. The SMILES string of the molecule is CCSC(=O)N1NC2(CCCCC2)SC12CCCCC2. The summed E-state index contributed by atoms with van der Waals surface area (Å²) in [6.45, 7) is 2.07. The molecule has 5 heteroatoms. The van der Waals surface area contributed by atoms with Gasteiger partial charge in [-0.1, -0.05) is 57.2 Å². The lowest BCUT2D eigenvalue weighted by Crippen LogP contribution is -2.53. The molecule has 1 heterocycles. The van der Waals surface area contributed by atoms with Crippen LogP contribution in [-0.4, -0.2) is 25.7 Å². The summed E-state index contributed by atoms with van der Waals surface area (Å²) < 4.78 is 0. The molecule has 1 saturated heterocycles. The molecule has 0 aromatic heterocycles. The van der Waals surface area contributed by atoms with E-state index in [4.69, 9.17) is 0 Å². The van der Waals surface area contributed by atoms with Crippen LogP contribution in [0.2, 0.25) is 0 Å². The summed E-state index contributed by atoms with van der Waals surface area (Å²) in [5.41, 5.74) is 3.68. The van der Waals surface area contributed by atoms with Crippen molar-refractivity contribution < 1.29 is 4.79 Å². The quantitative estimate of drug-likeness (QED) is 0.758. The Hall–Kier alpha value is 0.130. The Morgan fingerprint density at radius 1 is 1.10 bits per heavy atom. The molecule has 3 nitrogen and oxygen atoms in total. The number of nitrogens with zero attached hydrogens (tertiary/aromatic N) is 1. The number of carbonyl (C=O) groups excluding carboxylic acids is 1. The minimum atomic E-state index is 0.0504. The van der Waals surface area contributed by atoms with Gasteiger partial charge in [0.2, 0.25) is 0 Å². The monoisotopic (exact) mass is 314 g/mol. The van der Waals surface area contributed by atoms with E-state index in [1.54, 1.807) is 0 Å². The van der Waals surface area contributed by atoms with E-state index in [2.05, 4.69) is 29.1 Å². The van der Waals surface area contributed by atoms with E-state index in [0.29, 0.717) is 0 Å². The number of amides is 1. The minimum absolute atomic E-state index is 0.0504. The Bertz CT molecular complexity index is 363. The van der Waals surface area contributed by atoms with Gasteiger partial charge in [-0.25, -0.2) is 5.43 Å². The maximum absolute atomic E-state index is 12.6. The van der Waals surface area contributed by atoms with Crippen LogP contribution < -0.4 is 5.43 Å². The molecule has 0 atom stereocenters. The molecule has 1 aliphatic heterocycles. The number of hydrogen-bond acceptors (Lipinski definition) is 4. The van der Waals surface area contributed by atoms with Gasteiger partial charge in [0.15, 0.2) is 0 Å². The van der Waals surface area contributed by atoms with Crippen LogP contribution in [0, 0.1) is 0 Å². The minimum Gasteiger partial charge on any atom is -0.260 e. The standard InChI is InChI=1S/C15H26N2OS2/c1-2-19-13(18)17-15(11-7-4-8-12-15)20-14(16-17)9-5-3-6-10-14/h16H,2-12H2,1H3. The number of carbonyl (C=O) groups is 1. The Morgan fingerprint density at radius 2 is 1.70 bits per heavy atom. The fourth-order valence-electron chi connectivity index (χ4n) is 3.90. The number of thioether (sulfide) groups is 2. The average molecular weight is 315 g/mol. The molecule has 1 amide bonds. The highest BCUT2D eigenvalue weighted by molar-refractivity contribution is 8.13. The number of hydrogen-bond donors (Lipinski definition) is 1. The van der Waals surface area contributed by atoms with E-state index in [1.165, 1.54) is 76.0 Å². The third-order valence-corrected chi connectivity index (χ3v) is 7.43. The van der Waals surface area contributed by atoms with E-state index in [9.17, 15) is 4.79 Å². The van der Waals surface area contributed by atoms with E-state index in [1.807, 2.05) is 0 Å². The van der Waals surface area contributed by atoms with Crippen molar-refractivity contribution in [1.29, 1.82) is 0 Å². The van der Waals surface area contributed by atoms with Gasteiger partial charge in [0.25, 0.3) is 5.24 Å². The number of nitrogens with one attached hydrogen (secondary N) is 1. The van der Waals surface area contributed by atoms with Gasteiger partial charge in [-0.2, -0.15) is 0 Å². The summed E-state index contributed by atoms with van der Waals surface area (Å²) >= 11 is 3.55. The van der Waals surface area contributed by atoms with Crippen LogP contribution >= 0.6 is 23.5 Å². The molecule has 2 aliphatic carbocycles. The lowest BCUT2D eigenvalue weighted by molar-refractivity contribution is 0.108. The smallest absolute Gasteiger partial charge is 0.260 e. The van der Waals surface area contributed by atoms with Gasteiger partial charge in [-0.15, -0.1) is 11.8 Å². The van der Waals surface area contributed by atoms with Crippen LogP contribution in [0.15, 0.2) is 0 Å². The molecule has 20 heavy (non-hydrogen) atoms. The second kappa shape index (κ2) is 6.09. The predicted molar refractivity (Wildman–Crippen MR) is 87.7 cm³/mol. The van der Waals surface area contributed by atoms with Crippen LogP contribution in [-0.2, 0) is 0 Å². The van der Waals surface area contributed by atoms with Crippen molar-refractivity contribution in [2.45, 2.75) is 80.9 Å². The van der Waals surface area contributed by atoms with E-state index in [0.717, 1.165) is 5.75 Å². The molecule has 1 N–H and O–H groups in total. The highest BCUT2D eigenvalue weighted by Crippen LogP contribution is 2.56. The first-order chi connectivity index (χ1) is 9.70. The maximum atomic E-state index is 12.6. The molecule has 2 spiro atoms. The van der Waals surface area contributed by atoms with Crippen LogP contribution in [0.3, 0.4) is 0 Å². The van der Waals surface area contributed by atoms with Crippen LogP contribution in [0.25, 0.3) is 0 Å². The zero-order chi connectivity index (χ0) is 14.1. The van der Waals surface area contributed by atoms with Crippen LogP contribution in [0.1, 0.15) is 71.1 Å². The Labute approximate surface area is 131 Å². The summed E-state index contributed by atoms with van der Waals surface area (Å²) in [6, 6.07) is 0. The Kier molecular flexibility index (Phi) is 4.58. The molecule has 0 radical (unpaired) electrons. The second-order valence-electron chi connectivity index (χ2n) is 6.31. The summed E-state index contributed by atoms with van der Waals surface area (Å²) in [6.07, 6.45) is 12.6. The highest BCUT2D eigenvalue weighted by atomic mass is 32.2. The van der Waals surface area contributed by atoms with Crippen LogP contribution in [0.5, 0.6) is 0 Å². The van der Waals surface area contributed by atoms with Crippen molar-refractivity contribution in [2.75, 3.05) is 5.75 Å². The molecule has 3 rings (SSSR count). The molecule has 2 saturated carbocycles. The fourth-order valence-corrected chi connectivity index (χ4v) is 6.63. The largest absolute Gasteiger partial charge is 0.297 e. The predicted octanol–water partition coefficient (Wildman–Crippen LogP) is 4.73. The molecular formula is C15H26N2OS2. The third kappa shape index (κ3) is 2.73. The van der Waals surface area contributed by atoms with Gasteiger partial charge < -0.3 is 0 Å². The van der Waals surface area contributed by atoms with Crippen molar-refractivity contribution in [3.63, 3.8) is 0 Å². The van der Waals surface area contributed by atoms with Gasteiger partial charge >= 0.3 is 0 Å². The lowest BCUT2D eigenvalue weighted by Gasteiger charge is -2.39. The normalized spacial score (nSPS) is 28.1. The van der Waals surface area contributed by atoms with Crippen molar-refractivity contribution in [3.8, 4) is 0 Å². The van der Waals surface area contributed by atoms with Crippen molar-refractivity contribution in [3.05, 3.63) is 0 Å². The molecule has 0 aromatic carbocycles. The van der Waals surface area contributed by atoms with Crippen molar-refractivity contribution >= 4 is 28.8 Å². The highest BCUT2D eigenvalue weighted by Gasteiger charge is 2.55. The Balaban J connectivity index is 1.82. The Morgan fingerprint density at radius 3 is 2.30 bits per heavy atom. The lowest BCUT2D eigenvalue weighted by atomic mass is 9.94. The van der Waals surface area contributed by atoms with E-state index >= 15 is 0 Å². The first-order valence-corrected chi connectivity index (χ1v) is 9.95. The molecule has 0 bridgehead atoms. The van der Waals surface area contributed by atoms with Gasteiger partial charge in [0.05, 0.1) is 4.87 Å². The number of rotatable bonds is 1. The van der Waals surface area contributed by atoms with Crippen LogP contribution in [0.4, 0.5) is 4.79 Å². The summed E-state index contributed by atoms with van der Waals surface area (Å²) in [5.74, 6) is 0.866. The fraction of sp³-hybridized carbons (Fsp3) is 0.933. The summed E-state index contributed by atoms with van der Waals surface area (Å²) in [4.78, 5) is 12.8. The van der Waals surface area contributed by atoms with Gasteiger partial charge in [-0.05, 0) is 31.4 Å². The van der Waals surface area contributed by atoms with Crippen molar-refractivity contribution in [2.24, 2.45) is 0 Å². The first kappa shape index (κ1) is 15.0. The number of hydrazine groups is 1. The maximum Gasteiger partial charge on any atom is 0.297 e. The van der Waals surface area contributed by atoms with Gasteiger partial charge in [0.1, 0.15) is 4.87 Å². The molecule has 0 aromatic rings. The summed E-state index contributed by atoms with van der Waals surface area (Å²) in [5, 5.41) is 2.29. The van der Waals surface area contributed by atoms with Gasteiger partial charge in [-0.3, -0.25) is 9.80 Å². The topological polar surface area (TPSA) is 32.3 Å².